The van der Waals surface area contributed by atoms with E-state index in [2.05, 4.69) is 15.2 Å². The van der Waals surface area contributed by atoms with Crippen molar-refractivity contribution in [3.8, 4) is 0 Å². The highest BCUT2D eigenvalue weighted by molar-refractivity contribution is 7.89. The molecule has 26 heavy (non-hydrogen) atoms. The average Bonchev–Trinajstić information content (AvgIpc) is 2.97. The van der Waals surface area contributed by atoms with Crippen molar-refractivity contribution in [2.24, 2.45) is 5.92 Å². The summed E-state index contributed by atoms with van der Waals surface area (Å²) in [4.78, 5) is 23.1. The molecule has 0 aliphatic rings. The summed E-state index contributed by atoms with van der Waals surface area (Å²) in [5.74, 6) is -1.41. The van der Waals surface area contributed by atoms with Gasteiger partial charge in [0.25, 0.3) is 0 Å². The Morgan fingerprint density at radius 2 is 1.81 bits per heavy atom. The van der Waals surface area contributed by atoms with Gasteiger partial charge >= 0.3 is 5.97 Å². The zero-order valence-electron chi connectivity index (χ0n) is 14.4. The summed E-state index contributed by atoms with van der Waals surface area (Å²) in [6.07, 6.45) is 0. The van der Waals surface area contributed by atoms with Gasteiger partial charge in [-0.05, 0) is 37.1 Å². The van der Waals surface area contributed by atoms with Gasteiger partial charge in [0.1, 0.15) is 11.8 Å². The molecule has 2 aromatic rings. The zero-order chi connectivity index (χ0) is 19.5. The van der Waals surface area contributed by atoms with Crippen LogP contribution in [0.15, 0.2) is 39.8 Å². The van der Waals surface area contributed by atoms with Crippen LogP contribution in [0.2, 0.25) is 0 Å². The number of nitrogens with one attached hydrogen (secondary N) is 2. The van der Waals surface area contributed by atoms with Crippen LogP contribution in [0, 0.1) is 12.8 Å². The number of carbonyl (C=O) groups excluding carboxylic acids is 1. The van der Waals surface area contributed by atoms with Crippen molar-refractivity contribution in [1.29, 1.82) is 0 Å². The third-order valence-corrected chi connectivity index (χ3v) is 4.98. The molecule has 0 fully saturated rings. The SMILES string of the molecule is Cc1cc(NC(=O)[C@@H](NS(=O)(=O)c2ccc(C(=O)O)cc2)C(C)C)no1. The third-order valence-electron chi connectivity index (χ3n) is 3.52. The van der Waals surface area contributed by atoms with E-state index in [1.807, 2.05) is 0 Å². The number of carbonyl (C=O) groups is 2. The predicted octanol–water partition coefficient (Wildman–Crippen LogP) is 1.62. The molecule has 1 heterocycles. The lowest BCUT2D eigenvalue weighted by Crippen LogP contribution is -2.47. The number of aryl methyl sites for hydroxylation is 1. The Hall–Kier alpha value is -2.72. The molecule has 1 amide bonds. The molecule has 1 aromatic heterocycles. The minimum Gasteiger partial charge on any atom is -0.478 e. The standard InChI is InChI=1S/C16H19N3O6S/c1-9(2)14(15(20)17-13-8-10(3)25-18-13)19-26(23,24)12-6-4-11(5-7-12)16(21)22/h4-9,14,19H,1-3H3,(H,21,22)(H,17,18,20)/t14-/m0/s1. The lowest BCUT2D eigenvalue weighted by molar-refractivity contribution is -0.118. The molecule has 0 radical (unpaired) electrons. The van der Waals surface area contributed by atoms with Crippen LogP contribution in [0.1, 0.15) is 30.0 Å². The van der Waals surface area contributed by atoms with Crippen molar-refractivity contribution in [3.05, 3.63) is 41.7 Å². The topological polar surface area (TPSA) is 139 Å². The first-order chi connectivity index (χ1) is 12.1. The summed E-state index contributed by atoms with van der Waals surface area (Å²) in [6.45, 7) is 5.04. The lowest BCUT2D eigenvalue weighted by Gasteiger charge is -2.21. The lowest BCUT2D eigenvalue weighted by atomic mass is 10.1. The monoisotopic (exact) mass is 381 g/mol. The van der Waals surface area contributed by atoms with Crippen LogP contribution in [-0.2, 0) is 14.8 Å². The fraction of sp³-hybridized carbons (Fsp3) is 0.312. The van der Waals surface area contributed by atoms with Crippen LogP contribution >= 0.6 is 0 Å². The first-order valence-corrected chi connectivity index (χ1v) is 9.18. The Kier molecular flexibility index (Phi) is 5.78. The number of amides is 1. The van der Waals surface area contributed by atoms with Crippen molar-refractivity contribution in [2.75, 3.05) is 5.32 Å². The van der Waals surface area contributed by atoms with Crippen molar-refractivity contribution in [2.45, 2.75) is 31.7 Å². The van der Waals surface area contributed by atoms with Gasteiger partial charge in [-0.3, -0.25) is 4.79 Å². The van der Waals surface area contributed by atoms with Gasteiger partial charge in [-0.1, -0.05) is 19.0 Å². The maximum absolute atomic E-state index is 12.5. The molecule has 0 spiro atoms. The summed E-state index contributed by atoms with van der Waals surface area (Å²) < 4.78 is 32.2. The summed E-state index contributed by atoms with van der Waals surface area (Å²) in [5.41, 5.74) is -0.0384. The number of hydrogen-bond donors (Lipinski definition) is 3. The van der Waals surface area contributed by atoms with Gasteiger partial charge in [0.15, 0.2) is 5.82 Å². The average molecular weight is 381 g/mol. The first kappa shape index (κ1) is 19.6. The van der Waals surface area contributed by atoms with E-state index in [1.165, 1.54) is 30.3 Å². The fourth-order valence-electron chi connectivity index (χ4n) is 2.13. The molecule has 0 saturated carbocycles. The van der Waals surface area contributed by atoms with E-state index in [4.69, 9.17) is 9.63 Å². The molecule has 0 bridgehead atoms. The highest BCUT2D eigenvalue weighted by Gasteiger charge is 2.29. The Morgan fingerprint density at radius 1 is 1.19 bits per heavy atom. The highest BCUT2D eigenvalue weighted by atomic mass is 32.2. The minimum atomic E-state index is -4.03. The third kappa shape index (κ3) is 4.67. The van der Waals surface area contributed by atoms with Crippen molar-refractivity contribution in [1.82, 2.24) is 9.88 Å². The van der Waals surface area contributed by atoms with Gasteiger partial charge in [0.05, 0.1) is 10.5 Å². The number of sulfonamides is 1. The second-order valence-electron chi connectivity index (χ2n) is 5.98. The molecule has 0 aliphatic carbocycles. The Balaban J connectivity index is 2.19. The molecule has 0 aliphatic heterocycles. The van der Waals surface area contributed by atoms with Gasteiger partial charge in [-0.2, -0.15) is 4.72 Å². The van der Waals surface area contributed by atoms with E-state index in [0.29, 0.717) is 5.76 Å². The molecule has 3 N–H and O–H groups in total. The van der Waals surface area contributed by atoms with E-state index >= 15 is 0 Å². The molecule has 0 saturated heterocycles. The molecule has 9 nitrogen and oxygen atoms in total. The molecule has 1 aromatic carbocycles. The normalized spacial score (nSPS) is 12.8. The smallest absolute Gasteiger partial charge is 0.335 e. The van der Waals surface area contributed by atoms with E-state index in [1.54, 1.807) is 20.8 Å². The van der Waals surface area contributed by atoms with E-state index < -0.39 is 27.9 Å². The number of rotatable bonds is 7. The van der Waals surface area contributed by atoms with Gasteiger partial charge in [0.2, 0.25) is 15.9 Å². The second kappa shape index (κ2) is 7.67. The van der Waals surface area contributed by atoms with Crippen LogP contribution in [0.3, 0.4) is 0 Å². The number of aromatic nitrogens is 1. The van der Waals surface area contributed by atoms with Crippen LogP contribution in [0.5, 0.6) is 0 Å². The molecule has 140 valence electrons. The van der Waals surface area contributed by atoms with Gasteiger partial charge in [0, 0.05) is 6.07 Å². The predicted molar refractivity (Wildman–Crippen MR) is 92.2 cm³/mol. The Morgan fingerprint density at radius 3 is 2.27 bits per heavy atom. The van der Waals surface area contributed by atoms with Crippen molar-refractivity contribution in [3.63, 3.8) is 0 Å². The van der Waals surface area contributed by atoms with Gasteiger partial charge in [-0.25, -0.2) is 13.2 Å². The number of carboxylic acids is 1. The molecule has 2 rings (SSSR count). The summed E-state index contributed by atoms with van der Waals surface area (Å²) in [7, 11) is -4.03. The Labute approximate surface area is 150 Å². The van der Waals surface area contributed by atoms with Crippen LogP contribution in [0.4, 0.5) is 5.82 Å². The fourth-order valence-corrected chi connectivity index (χ4v) is 3.48. The van der Waals surface area contributed by atoms with Gasteiger partial charge in [-0.15, -0.1) is 0 Å². The number of benzene rings is 1. The number of aromatic carboxylic acids is 1. The minimum absolute atomic E-state index is 0.0384. The summed E-state index contributed by atoms with van der Waals surface area (Å²) >= 11 is 0. The largest absolute Gasteiger partial charge is 0.478 e. The van der Waals surface area contributed by atoms with Crippen LogP contribution < -0.4 is 10.0 Å². The quantitative estimate of drug-likeness (QED) is 0.662. The summed E-state index contributed by atoms with van der Waals surface area (Å²) in [6, 6.07) is 5.15. The number of carboxylic acid groups (broad SMARTS) is 1. The van der Waals surface area contributed by atoms with E-state index in [9.17, 15) is 18.0 Å². The van der Waals surface area contributed by atoms with Gasteiger partial charge < -0.3 is 14.9 Å². The van der Waals surface area contributed by atoms with Crippen LogP contribution in [0.25, 0.3) is 0 Å². The second-order valence-corrected chi connectivity index (χ2v) is 7.70. The molecule has 1 atom stereocenters. The Bertz CT molecular complexity index is 902. The highest BCUT2D eigenvalue weighted by Crippen LogP contribution is 2.15. The van der Waals surface area contributed by atoms with Crippen LogP contribution in [-0.4, -0.2) is 36.6 Å². The maximum Gasteiger partial charge on any atom is 0.335 e. The molecule has 10 heteroatoms. The van der Waals surface area contributed by atoms with Crippen molar-refractivity contribution >= 4 is 27.7 Å². The van der Waals surface area contributed by atoms with E-state index in [0.717, 1.165) is 0 Å². The maximum atomic E-state index is 12.5. The molecular weight excluding hydrogens is 362 g/mol. The molecule has 0 unspecified atom stereocenters. The molecular formula is C16H19N3O6S. The number of hydrogen-bond acceptors (Lipinski definition) is 6. The van der Waals surface area contributed by atoms with E-state index in [-0.39, 0.29) is 22.2 Å². The number of anilines is 1. The first-order valence-electron chi connectivity index (χ1n) is 7.70. The summed E-state index contributed by atoms with van der Waals surface area (Å²) in [5, 5.41) is 15.0. The zero-order valence-corrected chi connectivity index (χ0v) is 15.2. The van der Waals surface area contributed by atoms with Crippen molar-refractivity contribution < 1.29 is 27.6 Å². The number of nitrogens with zero attached hydrogens (tertiary/aromatic N) is 1.